The van der Waals surface area contributed by atoms with Gasteiger partial charge in [-0.1, -0.05) is 34.6 Å². The third kappa shape index (κ3) is 7.22. The third-order valence-corrected chi connectivity index (χ3v) is 4.27. The summed E-state index contributed by atoms with van der Waals surface area (Å²) in [6.45, 7) is 15.7. The lowest BCUT2D eigenvalue weighted by Gasteiger charge is -2.32. The van der Waals surface area contributed by atoms with Crippen LogP contribution in [0.15, 0.2) is 18.3 Å². The maximum atomic E-state index is 13.0. The molecule has 148 valence electrons. The number of hydrogen-bond donors (Lipinski definition) is 0. The van der Waals surface area contributed by atoms with Gasteiger partial charge in [-0.3, -0.25) is 9.59 Å². The van der Waals surface area contributed by atoms with Gasteiger partial charge in [-0.15, -0.1) is 0 Å². The SMILES string of the molecule is CC(C)CN(Cc1cccn1C)C(=O)CN(C(=O)CC(C)(C)C)C(C)C. The zero-order chi connectivity index (χ0) is 20.1. The van der Waals surface area contributed by atoms with Gasteiger partial charge in [-0.25, -0.2) is 0 Å². The second-order valence-corrected chi connectivity index (χ2v) is 9.13. The number of aromatic nitrogens is 1. The minimum atomic E-state index is -0.0894. The lowest BCUT2D eigenvalue weighted by atomic mass is 9.91. The number of aryl methyl sites for hydroxylation is 1. The fourth-order valence-electron chi connectivity index (χ4n) is 2.91. The highest BCUT2D eigenvalue weighted by Crippen LogP contribution is 2.21. The van der Waals surface area contributed by atoms with Crippen LogP contribution in [0.5, 0.6) is 0 Å². The van der Waals surface area contributed by atoms with Crippen LogP contribution in [0.25, 0.3) is 0 Å². The van der Waals surface area contributed by atoms with Gasteiger partial charge in [0.15, 0.2) is 0 Å². The molecule has 0 aromatic carbocycles. The highest BCUT2D eigenvalue weighted by Gasteiger charge is 2.27. The van der Waals surface area contributed by atoms with E-state index in [9.17, 15) is 9.59 Å². The maximum absolute atomic E-state index is 13.0. The number of amides is 2. The topological polar surface area (TPSA) is 45.6 Å². The highest BCUT2D eigenvalue weighted by molar-refractivity contribution is 5.85. The molecule has 0 aliphatic rings. The van der Waals surface area contributed by atoms with Gasteiger partial charge in [0.1, 0.15) is 0 Å². The minimum Gasteiger partial charge on any atom is -0.353 e. The molecule has 0 fully saturated rings. The van der Waals surface area contributed by atoms with Gasteiger partial charge in [-0.2, -0.15) is 0 Å². The van der Waals surface area contributed by atoms with Gasteiger partial charge < -0.3 is 14.4 Å². The molecule has 2 amide bonds. The van der Waals surface area contributed by atoms with E-state index in [0.717, 1.165) is 5.69 Å². The lowest BCUT2D eigenvalue weighted by Crippen LogP contribution is -2.47. The number of carbonyl (C=O) groups excluding carboxylic acids is 2. The Morgan fingerprint density at radius 3 is 2.15 bits per heavy atom. The van der Waals surface area contributed by atoms with Crippen molar-refractivity contribution in [2.45, 2.75) is 67.5 Å². The van der Waals surface area contributed by atoms with E-state index in [2.05, 4.69) is 13.8 Å². The van der Waals surface area contributed by atoms with Gasteiger partial charge in [0.2, 0.25) is 11.8 Å². The number of carbonyl (C=O) groups is 2. The molecule has 0 bridgehead atoms. The van der Waals surface area contributed by atoms with Gasteiger partial charge in [0.25, 0.3) is 0 Å². The molecule has 0 unspecified atom stereocenters. The minimum absolute atomic E-state index is 0.00439. The summed E-state index contributed by atoms with van der Waals surface area (Å²) < 4.78 is 2.03. The number of hydrogen-bond acceptors (Lipinski definition) is 2. The Kier molecular flexibility index (Phi) is 7.91. The number of rotatable bonds is 8. The summed E-state index contributed by atoms with van der Waals surface area (Å²) in [4.78, 5) is 29.3. The molecule has 0 saturated carbocycles. The highest BCUT2D eigenvalue weighted by atomic mass is 16.2. The van der Waals surface area contributed by atoms with Crippen LogP contribution in [-0.2, 0) is 23.2 Å². The Morgan fingerprint density at radius 1 is 1.12 bits per heavy atom. The van der Waals surface area contributed by atoms with Crippen molar-refractivity contribution in [3.63, 3.8) is 0 Å². The molecule has 0 spiro atoms. The molecule has 5 nitrogen and oxygen atoms in total. The van der Waals surface area contributed by atoms with E-state index >= 15 is 0 Å². The Hall–Kier alpha value is -1.78. The summed E-state index contributed by atoms with van der Waals surface area (Å²) in [5.41, 5.74) is 1.00. The molecular formula is C21H37N3O2. The molecule has 1 rings (SSSR count). The van der Waals surface area contributed by atoms with Gasteiger partial charge in [0.05, 0.1) is 13.1 Å². The molecule has 1 aromatic rings. The predicted octanol–water partition coefficient (Wildman–Crippen LogP) is 3.68. The maximum Gasteiger partial charge on any atom is 0.242 e. The Balaban J connectivity index is 2.90. The second-order valence-electron chi connectivity index (χ2n) is 9.13. The molecule has 0 atom stereocenters. The Bertz CT molecular complexity index is 597. The predicted molar refractivity (Wildman–Crippen MR) is 107 cm³/mol. The van der Waals surface area contributed by atoms with E-state index in [1.807, 2.05) is 69.5 Å². The van der Waals surface area contributed by atoms with E-state index in [1.165, 1.54) is 0 Å². The van der Waals surface area contributed by atoms with Crippen molar-refractivity contribution in [1.29, 1.82) is 0 Å². The lowest BCUT2D eigenvalue weighted by molar-refractivity contribution is -0.143. The second kappa shape index (κ2) is 9.24. The first kappa shape index (κ1) is 22.3. The average Bonchev–Trinajstić information content (AvgIpc) is 2.86. The Morgan fingerprint density at radius 2 is 1.73 bits per heavy atom. The van der Waals surface area contributed by atoms with E-state index in [1.54, 1.807) is 4.90 Å². The standard InChI is InChI=1S/C21H37N3O2/c1-16(2)13-23(14-18-10-9-11-22(18)8)20(26)15-24(17(3)4)19(25)12-21(5,6)7/h9-11,16-17H,12-15H2,1-8H3. The molecule has 1 heterocycles. The zero-order valence-corrected chi connectivity index (χ0v) is 17.9. The zero-order valence-electron chi connectivity index (χ0n) is 17.9. The molecule has 26 heavy (non-hydrogen) atoms. The van der Waals surface area contributed by atoms with Gasteiger partial charge >= 0.3 is 0 Å². The van der Waals surface area contributed by atoms with E-state index in [-0.39, 0.29) is 29.8 Å². The molecule has 0 aliphatic heterocycles. The Labute approximate surface area is 159 Å². The summed E-state index contributed by atoms with van der Waals surface area (Å²) in [5, 5.41) is 0. The van der Waals surface area contributed by atoms with E-state index in [0.29, 0.717) is 25.4 Å². The molecule has 0 N–H and O–H groups in total. The van der Waals surface area contributed by atoms with Crippen molar-refractivity contribution in [1.82, 2.24) is 14.4 Å². The number of nitrogens with zero attached hydrogens (tertiary/aromatic N) is 3. The fraction of sp³-hybridized carbons (Fsp3) is 0.714. The van der Waals surface area contributed by atoms with Crippen molar-refractivity contribution in [3.8, 4) is 0 Å². The summed E-state index contributed by atoms with van der Waals surface area (Å²) in [6.07, 6.45) is 2.43. The van der Waals surface area contributed by atoms with Crippen molar-refractivity contribution in [2.75, 3.05) is 13.1 Å². The summed E-state index contributed by atoms with van der Waals surface area (Å²) in [7, 11) is 1.99. The van der Waals surface area contributed by atoms with Crippen LogP contribution < -0.4 is 0 Å². The summed E-state index contributed by atoms with van der Waals surface area (Å²) in [6, 6.07) is 4.02. The largest absolute Gasteiger partial charge is 0.353 e. The molecule has 0 aliphatic carbocycles. The first-order valence-corrected chi connectivity index (χ1v) is 9.58. The molecule has 0 radical (unpaired) electrons. The summed E-state index contributed by atoms with van der Waals surface area (Å²) >= 11 is 0. The molecule has 0 saturated heterocycles. The van der Waals surface area contributed by atoms with Crippen molar-refractivity contribution in [2.24, 2.45) is 18.4 Å². The van der Waals surface area contributed by atoms with Crippen molar-refractivity contribution < 1.29 is 9.59 Å². The van der Waals surface area contributed by atoms with E-state index in [4.69, 9.17) is 0 Å². The van der Waals surface area contributed by atoms with Crippen LogP contribution in [0.3, 0.4) is 0 Å². The van der Waals surface area contributed by atoms with Crippen LogP contribution in [0.4, 0.5) is 0 Å². The molecular weight excluding hydrogens is 326 g/mol. The average molecular weight is 364 g/mol. The van der Waals surface area contributed by atoms with Crippen molar-refractivity contribution >= 4 is 11.8 Å². The normalized spacial score (nSPS) is 11.9. The first-order valence-electron chi connectivity index (χ1n) is 9.58. The quantitative estimate of drug-likeness (QED) is 0.707. The first-order chi connectivity index (χ1) is 11.9. The van der Waals surface area contributed by atoms with Crippen LogP contribution >= 0.6 is 0 Å². The van der Waals surface area contributed by atoms with Crippen LogP contribution in [0, 0.1) is 11.3 Å². The van der Waals surface area contributed by atoms with Crippen LogP contribution in [0.2, 0.25) is 0 Å². The third-order valence-electron chi connectivity index (χ3n) is 4.27. The van der Waals surface area contributed by atoms with Crippen LogP contribution in [0.1, 0.15) is 60.6 Å². The van der Waals surface area contributed by atoms with Crippen LogP contribution in [-0.4, -0.2) is 45.3 Å². The fourth-order valence-corrected chi connectivity index (χ4v) is 2.91. The monoisotopic (exact) mass is 363 g/mol. The molecule has 1 aromatic heterocycles. The smallest absolute Gasteiger partial charge is 0.242 e. The van der Waals surface area contributed by atoms with Gasteiger partial charge in [-0.05, 0) is 37.3 Å². The van der Waals surface area contributed by atoms with Gasteiger partial charge in [0, 0.05) is 37.9 Å². The molecule has 5 heteroatoms. The van der Waals surface area contributed by atoms with E-state index < -0.39 is 0 Å². The summed E-state index contributed by atoms with van der Waals surface area (Å²) in [5.74, 6) is 0.428. The van der Waals surface area contributed by atoms with Crippen molar-refractivity contribution in [3.05, 3.63) is 24.0 Å².